The summed E-state index contributed by atoms with van der Waals surface area (Å²) in [4.78, 5) is 2.16. The topological polar surface area (TPSA) is 56.7 Å². The molecule has 0 saturated carbocycles. The van der Waals surface area contributed by atoms with Gasteiger partial charge in [0.05, 0.1) is 32.6 Å². The van der Waals surface area contributed by atoms with Gasteiger partial charge < -0.3 is 19.1 Å². The van der Waals surface area contributed by atoms with E-state index in [2.05, 4.69) is 21.7 Å². The summed E-state index contributed by atoms with van der Waals surface area (Å²) in [5.41, 5.74) is 3.08. The van der Waals surface area contributed by atoms with E-state index < -0.39 is 0 Å². The van der Waals surface area contributed by atoms with Crippen LogP contribution in [0.5, 0.6) is 11.5 Å². The average molecular weight is 405 g/mol. The number of anilines is 1. The molecule has 0 bridgehead atoms. The molecule has 30 heavy (non-hydrogen) atoms. The van der Waals surface area contributed by atoms with Crippen LogP contribution in [0.15, 0.2) is 67.4 Å². The van der Waals surface area contributed by atoms with Crippen molar-refractivity contribution in [3.8, 4) is 11.5 Å². The summed E-state index contributed by atoms with van der Waals surface area (Å²) in [6.45, 7) is 7.82. The maximum Gasteiger partial charge on any atom is 0.162 e. The molecule has 1 aromatic heterocycles. The van der Waals surface area contributed by atoms with E-state index in [1.807, 2.05) is 61.5 Å². The standard InChI is InChI=1S/C24H27N3O3/c1-5-30-18(2)23-14-15-25-26-24(23)27(16-19-6-10-21(28-3)11-7-19)17-20-8-12-22(29-4)13-9-20/h6-15H,2,5,16-17H2,1,3-4H3. The Bertz CT molecular complexity index is 907. The van der Waals surface area contributed by atoms with Gasteiger partial charge >= 0.3 is 0 Å². The van der Waals surface area contributed by atoms with Gasteiger partial charge in [0.25, 0.3) is 0 Å². The van der Waals surface area contributed by atoms with Crippen LogP contribution in [0.4, 0.5) is 5.82 Å². The molecule has 0 radical (unpaired) electrons. The monoisotopic (exact) mass is 405 g/mol. The van der Waals surface area contributed by atoms with Gasteiger partial charge in [-0.1, -0.05) is 30.8 Å². The van der Waals surface area contributed by atoms with Crippen LogP contribution in [0.25, 0.3) is 5.76 Å². The predicted molar refractivity (Wildman–Crippen MR) is 119 cm³/mol. The van der Waals surface area contributed by atoms with Crippen LogP contribution in [-0.4, -0.2) is 31.0 Å². The largest absolute Gasteiger partial charge is 0.497 e. The van der Waals surface area contributed by atoms with Crippen LogP contribution in [0.3, 0.4) is 0 Å². The number of hydrogen-bond acceptors (Lipinski definition) is 6. The number of methoxy groups -OCH3 is 2. The molecule has 2 aromatic carbocycles. The fraction of sp³-hybridized carbons (Fsp3) is 0.250. The molecule has 0 spiro atoms. The van der Waals surface area contributed by atoms with E-state index in [0.717, 1.165) is 34.0 Å². The Balaban J connectivity index is 1.94. The molecule has 6 nitrogen and oxygen atoms in total. The minimum absolute atomic E-state index is 0.539. The summed E-state index contributed by atoms with van der Waals surface area (Å²) >= 11 is 0. The number of aromatic nitrogens is 2. The number of benzene rings is 2. The second kappa shape index (κ2) is 10.3. The van der Waals surface area contributed by atoms with Gasteiger partial charge in [0.2, 0.25) is 0 Å². The lowest BCUT2D eigenvalue weighted by Gasteiger charge is -2.26. The smallest absolute Gasteiger partial charge is 0.162 e. The highest BCUT2D eigenvalue weighted by Crippen LogP contribution is 2.27. The summed E-state index contributed by atoms with van der Waals surface area (Å²) in [5, 5.41) is 8.55. The molecule has 3 rings (SSSR count). The van der Waals surface area contributed by atoms with Crippen LogP contribution in [-0.2, 0) is 17.8 Å². The van der Waals surface area contributed by atoms with Gasteiger partial charge in [-0.05, 0) is 48.4 Å². The highest BCUT2D eigenvalue weighted by Gasteiger charge is 2.17. The van der Waals surface area contributed by atoms with Gasteiger partial charge in [-0.15, -0.1) is 5.10 Å². The van der Waals surface area contributed by atoms with E-state index >= 15 is 0 Å². The highest BCUT2D eigenvalue weighted by molar-refractivity contribution is 5.69. The number of rotatable bonds is 10. The van der Waals surface area contributed by atoms with Crippen molar-refractivity contribution in [3.63, 3.8) is 0 Å². The molecule has 0 aliphatic carbocycles. The van der Waals surface area contributed by atoms with Crippen molar-refractivity contribution < 1.29 is 14.2 Å². The Morgan fingerprint density at radius 1 is 0.867 bits per heavy atom. The first-order valence-corrected chi connectivity index (χ1v) is 9.79. The Kier molecular flexibility index (Phi) is 7.27. The molecule has 0 atom stereocenters. The van der Waals surface area contributed by atoms with Crippen LogP contribution >= 0.6 is 0 Å². The summed E-state index contributed by atoms with van der Waals surface area (Å²) in [6, 6.07) is 17.9. The lowest BCUT2D eigenvalue weighted by atomic mass is 10.1. The number of hydrogen-bond donors (Lipinski definition) is 0. The van der Waals surface area contributed by atoms with Crippen molar-refractivity contribution in [2.24, 2.45) is 0 Å². The van der Waals surface area contributed by atoms with E-state index in [1.165, 1.54) is 0 Å². The maximum atomic E-state index is 5.66. The van der Waals surface area contributed by atoms with E-state index in [1.54, 1.807) is 20.4 Å². The molecular formula is C24H27N3O3. The summed E-state index contributed by atoms with van der Waals surface area (Å²) in [7, 11) is 3.33. The predicted octanol–water partition coefficient (Wildman–Crippen LogP) is 4.71. The first-order valence-electron chi connectivity index (χ1n) is 9.79. The summed E-state index contributed by atoms with van der Waals surface area (Å²) < 4.78 is 16.2. The molecule has 0 unspecified atom stereocenters. The van der Waals surface area contributed by atoms with E-state index in [-0.39, 0.29) is 0 Å². The fourth-order valence-corrected chi connectivity index (χ4v) is 3.14. The van der Waals surface area contributed by atoms with Crippen molar-refractivity contribution in [3.05, 3.63) is 84.1 Å². The van der Waals surface area contributed by atoms with Crippen molar-refractivity contribution in [2.75, 3.05) is 25.7 Å². The van der Waals surface area contributed by atoms with Gasteiger partial charge in [0.15, 0.2) is 5.82 Å². The fourth-order valence-electron chi connectivity index (χ4n) is 3.14. The minimum Gasteiger partial charge on any atom is -0.497 e. The number of ether oxygens (including phenoxy) is 3. The van der Waals surface area contributed by atoms with Crippen molar-refractivity contribution in [1.82, 2.24) is 10.2 Å². The first-order chi connectivity index (χ1) is 14.6. The third-order valence-electron chi connectivity index (χ3n) is 4.68. The molecule has 0 amide bonds. The zero-order valence-electron chi connectivity index (χ0n) is 17.7. The third-order valence-corrected chi connectivity index (χ3v) is 4.68. The average Bonchev–Trinajstić information content (AvgIpc) is 2.80. The molecule has 1 heterocycles. The number of nitrogens with zero attached hydrogens (tertiary/aromatic N) is 3. The van der Waals surface area contributed by atoms with E-state index in [4.69, 9.17) is 14.2 Å². The summed E-state index contributed by atoms with van der Waals surface area (Å²) in [5.74, 6) is 2.95. The van der Waals surface area contributed by atoms with Crippen LogP contribution < -0.4 is 14.4 Å². The van der Waals surface area contributed by atoms with E-state index in [0.29, 0.717) is 25.5 Å². The van der Waals surface area contributed by atoms with Gasteiger partial charge in [-0.2, -0.15) is 5.10 Å². The molecule has 156 valence electrons. The first kappa shape index (κ1) is 21.2. The summed E-state index contributed by atoms with van der Waals surface area (Å²) in [6.07, 6.45) is 1.65. The van der Waals surface area contributed by atoms with Gasteiger partial charge in [0.1, 0.15) is 17.3 Å². The quantitative estimate of drug-likeness (QED) is 0.456. The highest BCUT2D eigenvalue weighted by atomic mass is 16.5. The van der Waals surface area contributed by atoms with Crippen LogP contribution in [0, 0.1) is 0 Å². The van der Waals surface area contributed by atoms with Crippen LogP contribution in [0.2, 0.25) is 0 Å². The lowest BCUT2D eigenvalue weighted by Crippen LogP contribution is -2.25. The third kappa shape index (κ3) is 5.29. The molecule has 0 aliphatic heterocycles. The van der Waals surface area contributed by atoms with Gasteiger partial charge in [-0.25, -0.2) is 0 Å². The normalized spacial score (nSPS) is 10.4. The second-order valence-electron chi connectivity index (χ2n) is 6.68. The Hall–Kier alpha value is -3.54. The molecule has 0 saturated heterocycles. The minimum atomic E-state index is 0.539. The van der Waals surface area contributed by atoms with Gasteiger partial charge in [-0.3, -0.25) is 0 Å². The van der Waals surface area contributed by atoms with Crippen LogP contribution in [0.1, 0.15) is 23.6 Å². The zero-order valence-corrected chi connectivity index (χ0v) is 17.7. The molecule has 0 aliphatic rings. The lowest BCUT2D eigenvalue weighted by molar-refractivity contribution is 0.299. The molecule has 6 heteroatoms. The maximum absolute atomic E-state index is 5.66. The Morgan fingerprint density at radius 2 is 1.40 bits per heavy atom. The molecule has 0 fully saturated rings. The van der Waals surface area contributed by atoms with Crippen molar-refractivity contribution >= 4 is 11.6 Å². The zero-order chi connectivity index (χ0) is 21.3. The van der Waals surface area contributed by atoms with E-state index in [9.17, 15) is 0 Å². The Morgan fingerprint density at radius 3 is 1.87 bits per heavy atom. The molecular weight excluding hydrogens is 378 g/mol. The SMILES string of the molecule is C=C(OCC)c1ccnnc1N(Cc1ccc(OC)cc1)Cc1ccc(OC)cc1. The molecule has 3 aromatic rings. The van der Waals surface area contributed by atoms with Crippen molar-refractivity contribution in [1.29, 1.82) is 0 Å². The molecule has 0 N–H and O–H groups in total. The van der Waals surface area contributed by atoms with Crippen molar-refractivity contribution in [2.45, 2.75) is 20.0 Å². The Labute approximate surface area is 177 Å². The second-order valence-corrected chi connectivity index (χ2v) is 6.68. The van der Waals surface area contributed by atoms with Gasteiger partial charge in [0, 0.05) is 13.1 Å².